The minimum atomic E-state index is -0.974. The largest absolute Gasteiger partial charge is 0.480 e. The normalized spacial score (nSPS) is 21.8. The number of aliphatic carboxylic acids is 1. The van der Waals surface area contributed by atoms with Crippen LogP contribution in [0.4, 0.5) is 4.79 Å². The number of carboxylic acids is 1. The van der Waals surface area contributed by atoms with Crippen LogP contribution in [0.3, 0.4) is 0 Å². The standard InChI is InChI=1S/C14H17NO4S/c1-20-11-7-12(13(16)17)15(8-11)14(18)19-9-10-5-3-2-4-6-10/h2-6,11-12H,7-9H2,1H3,(H,16,17)/t11?,12-/m0/s1. The number of hydrogen-bond acceptors (Lipinski definition) is 4. The lowest BCUT2D eigenvalue weighted by Crippen LogP contribution is -2.40. The highest BCUT2D eigenvalue weighted by molar-refractivity contribution is 7.99. The monoisotopic (exact) mass is 295 g/mol. The second-order valence-corrected chi connectivity index (χ2v) is 5.78. The molecule has 0 bridgehead atoms. The first-order valence-electron chi connectivity index (χ1n) is 6.34. The number of rotatable bonds is 4. The molecule has 108 valence electrons. The van der Waals surface area contributed by atoms with Gasteiger partial charge in [0.25, 0.3) is 0 Å². The first-order chi connectivity index (χ1) is 9.61. The van der Waals surface area contributed by atoms with E-state index in [2.05, 4.69) is 0 Å². The molecule has 1 unspecified atom stereocenters. The van der Waals surface area contributed by atoms with E-state index in [4.69, 9.17) is 4.74 Å². The SMILES string of the molecule is CSC1C[C@@H](C(=O)O)N(C(=O)OCc2ccccc2)C1. The second-order valence-electron chi connectivity index (χ2n) is 4.64. The molecule has 20 heavy (non-hydrogen) atoms. The summed E-state index contributed by atoms with van der Waals surface area (Å²) in [6, 6.07) is 8.55. The fourth-order valence-corrected chi connectivity index (χ4v) is 2.89. The van der Waals surface area contributed by atoms with Gasteiger partial charge in [-0.3, -0.25) is 4.90 Å². The van der Waals surface area contributed by atoms with Gasteiger partial charge < -0.3 is 9.84 Å². The molecule has 0 saturated carbocycles. The molecule has 1 amide bonds. The lowest BCUT2D eigenvalue weighted by Gasteiger charge is -2.20. The van der Waals surface area contributed by atoms with E-state index >= 15 is 0 Å². The van der Waals surface area contributed by atoms with Crippen LogP contribution in [0.25, 0.3) is 0 Å². The predicted molar refractivity (Wildman–Crippen MR) is 76.7 cm³/mol. The molecule has 1 saturated heterocycles. The number of carbonyl (C=O) groups is 2. The number of thioether (sulfide) groups is 1. The van der Waals surface area contributed by atoms with E-state index in [1.165, 1.54) is 4.90 Å². The van der Waals surface area contributed by atoms with E-state index in [-0.39, 0.29) is 11.9 Å². The van der Waals surface area contributed by atoms with Gasteiger partial charge in [0.1, 0.15) is 12.6 Å². The Morgan fingerprint density at radius 1 is 1.40 bits per heavy atom. The number of carbonyl (C=O) groups excluding carboxylic acids is 1. The number of likely N-dealkylation sites (tertiary alicyclic amines) is 1. The molecule has 1 heterocycles. The van der Waals surface area contributed by atoms with Crippen molar-refractivity contribution in [2.75, 3.05) is 12.8 Å². The molecule has 0 aromatic heterocycles. The Bertz CT molecular complexity index is 479. The minimum absolute atomic E-state index is 0.153. The molecule has 1 aliphatic rings. The van der Waals surface area contributed by atoms with Crippen molar-refractivity contribution in [2.24, 2.45) is 0 Å². The molecule has 2 rings (SSSR count). The van der Waals surface area contributed by atoms with E-state index in [9.17, 15) is 14.7 Å². The number of carboxylic acid groups (broad SMARTS) is 1. The van der Waals surface area contributed by atoms with Crippen molar-refractivity contribution in [3.05, 3.63) is 35.9 Å². The van der Waals surface area contributed by atoms with Crippen molar-refractivity contribution in [3.8, 4) is 0 Å². The van der Waals surface area contributed by atoms with Crippen molar-refractivity contribution in [3.63, 3.8) is 0 Å². The van der Waals surface area contributed by atoms with Crippen molar-refractivity contribution < 1.29 is 19.4 Å². The van der Waals surface area contributed by atoms with Crippen LogP contribution in [0.15, 0.2) is 30.3 Å². The van der Waals surface area contributed by atoms with Crippen LogP contribution < -0.4 is 0 Å². The molecule has 1 fully saturated rings. The quantitative estimate of drug-likeness (QED) is 0.922. The summed E-state index contributed by atoms with van der Waals surface area (Å²) in [7, 11) is 0. The van der Waals surface area contributed by atoms with Gasteiger partial charge in [-0.25, -0.2) is 9.59 Å². The molecule has 6 heteroatoms. The Labute approximate surface area is 121 Å². The molecule has 1 aromatic rings. The summed E-state index contributed by atoms with van der Waals surface area (Å²) in [5, 5.41) is 9.33. The molecule has 1 N–H and O–H groups in total. The fourth-order valence-electron chi connectivity index (χ4n) is 2.21. The highest BCUT2D eigenvalue weighted by Crippen LogP contribution is 2.27. The zero-order valence-corrected chi connectivity index (χ0v) is 12.0. The van der Waals surface area contributed by atoms with Crippen LogP contribution in [0.5, 0.6) is 0 Å². The third kappa shape index (κ3) is 3.45. The lowest BCUT2D eigenvalue weighted by molar-refractivity contribution is -0.141. The van der Waals surface area contributed by atoms with Gasteiger partial charge in [0.05, 0.1) is 0 Å². The zero-order chi connectivity index (χ0) is 14.5. The molecule has 0 radical (unpaired) electrons. The number of hydrogen-bond donors (Lipinski definition) is 1. The van der Waals surface area contributed by atoms with E-state index in [1.54, 1.807) is 11.8 Å². The van der Waals surface area contributed by atoms with Gasteiger partial charge in [0, 0.05) is 11.8 Å². The average Bonchev–Trinajstić information content (AvgIpc) is 2.90. The maximum Gasteiger partial charge on any atom is 0.410 e. The summed E-state index contributed by atoms with van der Waals surface area (Å²) in [6.45, 7) is 0.582. The number of ether oxygens (including phenoxy) is 1. The highest BCUT2D eigenvalue weighted by Gasteiger charge is 2.40. The second kappa shape index (κ2) is 6.65. The fraction of sp³-hybridized carbons (Fsp3) is 0.429. The minimum Gasteiger partial charge on any atom is -0.480 e. The molecule has 1 aromatic carbocycles. The van der Waals surface area contributed by atoms with Crippen LogP contribution in [0, 0.1) is 0 Å². The third-order valence-corrected chi connectivity index (χ3v) is 4.33. The zero-order valence-electron chi connectivity index (χ0n) is 11.2. The molecular weight excluding hydrogens is 278 g/mol. The van der Waals surface area contributed by atoms with E-state index in [1.807, 2.05) is 36.6 Å². The molecule has 2 atom stereocenters. The Morgan fingerprint density at radius 3 is 2.70 bits per heavy atom. The Balaban J connectivity index is 1.95. The van der Waals surface area contributed by atoms with Crippen molar-refractivity contribution in [2.45, 2.75) is 24.3 Å². The smallest absolute Gasteiger partial charge is 0.410 e. The first kappa shape index (κ1) is 14.7. The van der Waals surface area contributed by atoms with Crippen molar-refractivity contribution >= 4 is 23.8 Å². The summed E-state index contributed by atoms with van der Waals surface area (Å²) in [6.07, 6.45) is 1.83. The van der Waals surface area contributed by atoms with Crippen molar-refractivity contribution in [1.82, 2.24) is 4.90 Å². The number of benzene rings is 1. The van der Waals surface area contributed by atoms with Crippen LogP contribution in [0.1, 0.15) is 12.0 Å². The van der Waals surface area contributed by atoms with Gasteiger partial charge in [0.2, 0.25) is 0 Å². The van der Waals surface area contributed by atoms with Gasteiger partial charge in [-0.15, -0.1) is 0 Å². The summed E-state index contributed by atoms with van der Waals surface area (Å²) < 4.78 is 5.20. The Hall–Kier alpha value is -1.69. The molecular formula is C14H17NO4S. The molecule has 1 aliphatic heterocycles. The third-order valence-electron chi connectivity index (χ3n) is 3.32. The predicted octanol–water partition coefficient (Wildman–Crippen LogP) is 2.21. The molecule has 0 spiro atoms. The van der Waals surface area contributed by atoms with Gasteiger partial charge in [-0.1, -0.05) is 30.3 Å². The van der Waals surface area contributed by atoms with E-state index in [0.717, 1.165) is 5.56 Å². The van der Waals surface area contributed by atoms with Crippen LogP contribution >= 0.6 is 11.8 Å². The summed E-state index contributed by atoms with van der Waals surface area (Å²) in [4.78, 5) is 24.5. The van der Waals surface area contributed by atoms with Gasteiger partial charge in [-0.2, -0.15) is 11.8 Å². The van der Waals surface area contributed by atoms with Gasteiger partial charge in [-0.05, 0) is 18.2 Å². The lowest BCUT2D eigenvalue weighted by atomic mass is 10.2. The molecule has 0 aliphatic carbocycles. The summed E-state index contributed by atoms with van der Waals surface area (Å²) in [5.74, 6) is -0.974. The Morgan fingerprint density at radius 2 is 2.10 bits per heavy atom. The summed E-state index contributed by atoms with van der Waals surface area (Å²) >= 11 is 1.58. The van der Waals surface area contributed by atoms with Crippen LogP contribution in [-0.2, 0) is 16.1 Å². The van der Waals surface area contributed by atoms with E-state index < -0.39 is 18.1 Å². The van der Waals surface area contributed by atoms with E-state index in [0.29, 0.717) is 13.0 Å². The maximum absolute atomic E-state index is 12.0. The van der Waals surface area contributed by atoms with Gasteiger partial charge in [0.15, 0.2) is 0 Å². The maximum atomic E-state index is 12.0. The van der Waals surface area contributed by atoms with Gasteiger partial charge >= 0.3 is 12.1 Å². The van der Waals surface area contributed by atoms with Crippen LogP contribution in [0.2, 0.25) is 0 Å². The van der Waals surface area contributed by atoms with Crippen molar-refractivity contribution in [1.29, 1.82) is 0 Å². The highest BCUT2D eigenvalue weighted by atomic mass is 32.2. The average molecular weight is 295 g/mol. The number of nitrogens with zero attached hydrogens (tertiary/aromatic N) is 1. The molecule has 5 nitrogen and oxygen atoms in total. The first-order valence-corrected chi connectivity index (χ1v) is 7.63. The number of amides is 1. The Kier molecular flexibility index (Phi) is 4.89. The van der Waals surface area contributed by atoms with Crippen LogP contribution in [-0.4, -0.2) is 46.2 Å². The summed E-state index contributed by atoms with van der Waals surface area (Å²) in [5.41, 5.74) is 0.883. The topological polar surface area (TPSA) is 66.8 Å².